The molecule has 1 aromatic carbocycles. The van der Waals surface area contributed by atoms with Crippen LogP contribution >= 0.6 is 0 Å². The van der Waals surface area contributed by atoms with Gasteiger partial charge < -0.3 is 13.6 Å². The Hall–Kier alpha value is -1.21. The molecule has 0 aliphatic carbocycles. The van der Waals surface area contributed by atoms with Gasteiger partial charge in [-0.3, -0.25) is 9.56 Å². The Morgan fingerprint density at radius 2 is 1.86 bits per heavy atom. The molecule has 0 radical (unpaired) electrons. The topological polar surface area (TPSA) is 43.3 Å². The fraction of sp³-hybridized carbons (Fsp3) is 0.562. The molecule has 1 fully saturated rings. The molecule has 122 valence electrons. The van der Waals surface area contributed by atoms with E-state index in [-0.39, 0.29) is 0 Å². The van der Waals surface area contributed by atoms with Crippen LogP contribution in [0.4, 0.5) is 0 Å². The second kappa shape index (κ2) is 8.43. The van der Waals surface area contributed by atoms with E-state index in [1.54, 1.807) is 21.3 Å². The summed E-state index contributed by atoms with van der Waals surface area (Å²) in [6.45, 7) is 2.69. The summed E-state index contributed by atoms with van der Waals surface area (Å²) < 4.78 is 19.0. The summed E-state index contributed by atoms with van der Waals surface area (Å²) in [5, 5.41) is 0. The molecule has 6 heteroatoms. The van der Waals surface area contributed by atoms with E-state index in [0.29, 0.717) is 0 Å². The minimum atomic E-state index is -2.16. The first kappa shape index (κ1) is 17.1. The van der Waals surface area contributed by atoms with Crippen molar-refractivity contribution in [3.63, 3.8) is 0 Å². The first-order valence-corrected chi connectivity index (χ1v) is 9.70. The number of hydrogen-bond acceptors (Lipinski definition) is 5. The van der Waals surface area contributed by atoms with Gasteiger partial charge in [0.15, 0.2) is 0 Å². The second-order valence-electron chi connectivity index (χ2n) is 5.37. The zero-order chi connectivity index (χ0) is 15.8. The zero-order valence-corrected chi connectivity index (χ0v) is 14.7. The third-order valence-corrected chi connectivity index (χ3v) is 7.82. The predicted molar refractivity (Wildman–Crippen MR) is 90.8 cm³/mol. The van der Waals surface area contributed by atoms with Gasteiger partial charge in [0.1, 0.15) is 5.75 Å². The van der Waals surface area contributed by atoms with Crippen LogP contribution in [0.2, 0.25) is 6.04 Å². The van der Waals surface area contributed by atoms with Gasteiger partial charge in [0, 0.05) is 33.0 Å². The van der Waals surface area contributed by atoms with Crippen molar-refractivity contribution < 1.29 is 13.6 Å². The van der Waals surface area contributed by atoms with Crippen LogP contribution < -0.4 is 4.74 Å². The first-order valence-electron chi connectivity index (χ1n) is 7.73. The Morgan fingerprint density at radius 1 is 1.14 bits per heavy atom. The molecule has 22 heavy (non-hydrogen) atoms. The fourth-order valence-corrected chi connectivity index (χ4v) is 5.89. The van der Waals surface area contributed by atoms with Gasteiger partial charge in [0.25, 0.3) is 0 Å². The molecule has 0 unspecified atom stereocenters. The molecule has 5 nitrogen and oxygen atoms in total. The van der Waals surface area contributed by atoms with Crippen molar-refractivity contribution in [1.82, 2.24) is 4.57 Å². The number of methoxy groups -OCH3 is 1. The van der Waals surface area contributed by atoms with Crippen LogP contribution in [0.1, 0.15) is 18.4 Å². The highest BCUT2D eigenvalue weighted by molar-refractivity contribution is 6.64. The van der Waals surface area contributed by atoms with E-state index in [4.69, 9.17) is 13.6 Å². The van der Waals surface area contributed by atoms with Crippen molar-refractivity contribution >= 4 is 14.9 Å². The van der Waals surface area contributed by atoms with E-state index in [1.165, 1.54) is 12.8 Å². The van der Waals surface area contributed by atoms with Gasteiger partial charge in [-0.2, -0.15) is 0 Å². The molecule has 0 atom stereocenters. The summed E-state index contributed by atoms with van der Waals surface area (Å²) in [5.41, 5.74) is 1.08. The molecule has 1 aromatic rings. The number of rotatable bonds is 7. The van der Waals surface area contributed by atoms with Gasteiger partial charge in [-0.1, -0.05) is 0 Å². The third kappa shape index (κ3) is 4.16. The largest absolute Gasteiger partial charge is 0.497 e. The first-order chi connectivity index (χ1) is 10.7. The lowest BCUT2D eigenvalue weighted by Crippen LogP contribution is -2.60. The maximum Gasteiger partial charge on any atom is 0.427 e. The molecule has 0 saturated carbocycles. The zero-order valence-electron chi connectivity index (χ0n) is 13.7. The van der Waals surface area contributed by atoms with E-state index < -0.39 is 8.72 Å². The Morgan fingerprint density at radius 3 is 2.50 bits per heavy atom. The predicted octanol–water partition coefficient (Wildman–Crippen LogP) is 2.44. The van der Waals surface area contributed by atoms with E-state index in [0.717, 1.165) is 37.0 Å². The maximum absolute atomic E-state index is 5.76. The molecule has 0 aromatic heterocycles. The third-order valence-electron chi connectivity index (χ3n) is 4.15. The summed E-state index contributed by atoms with van der Waals surface area (Å²) >= 11 is 0. The SMILES string of the molecule is COc1ccc(C=NCCN2CCCC[Si]2(OC)OC)cc1. The minimum Gasteiger partial charge on any atom is -0.497 e. The monoisotopic (exact) mass is 322 g/mol. The minimum absolute atomic E-state index is 0.757. The molecule has 2 rings (SSSR count). The molecule has 1 saturated heterocycles. The molecular weight excluding hydrogens is 296 g/mol. The van der Waals surface area contributed by atoms with Gasteiger partial charge in [-0.05, 0) is 49.2 Å². The van der Waals surface area contributed by atoms with Gasteiger partial charge in [-0.25, -0.2) is 0 Å². The van der Waals surface area contributed by atoms with Crippen molar-refractivity contribution in [3.05, 3.63) is 29.8 Å². The quantitative estimate of drug-likeness (QED) is 0.571. The molecule has 1 aliphatic heterocycles. The summed E-state index contributed by atoms with van der Waals surface area (Å²) in [6, 6.07) is 8.95. The second-order valence-corrected chi connectivity index (χ2v) is 8.75. The van der Waals surface area contributed by atoms with E-state index in [1.807, 2.05) is 30.5 Å². The molecule has 1 heterocycles. The average Bonchev–Trinajstić information content (AvgIpc) is 2.59. The average molecular weight is 322 g/mol. The lowest BCUT2D eigenvalue weighted by atomic mass is 10.2. The van der Waals surface area contributed by atoms with Crippen LogP contribution in [0.25, 0.3) is 0 Å². The molecule has 0 bridgehead atoms. The summed E-state index contributed by atoms with van der Waals surface area (Å²) in [7, 11) is 3.06. The van der Waals surface area contributed by atoms with Crippen LogP contribution in [-0.2, 0) is 8.85 Å². The van der Waals surface area contributed by atoms with Gasteiger partial charge in [-0.15, -0.1) is 0 Å². The molecule has 1 aliphatic rings. The van der Waals surface area contributed by atoms with Gasteiger partial charge in [0.05, 0.1) is 13.7 Å². The number of benzene rings is 1. The number of ether oxygens (including phenoxy) is 1. The Kier molecular flexibility index (Phi) is 6.57. The summed E-state index contributed by atoms with van der Waals surface area (Å²) in [4.78, 5) is 4.53. The van der Waals surface area contributed by atoms with E-state index >= 15 is 0 Å². The molecular formula is C16H26N2O3Si. The Balaban J connectivity index is 1.87. The Labute approximate surface area is 134 Å². The van der Waals surface area contributed by atoms with Crippen LogP contribution in [0, 0.1) is 0 Å². The Bertz CT molecular complexity index is 475. The summed E-state index contributed by atoms with van der Waals surface area (Å²) in [6.07, 6.45) is 4.31. The maximum atomic E-state index is 5.76. The van der Waals surface area contributed by atoms with Crippen LogP contribution in [0.3, 0.4) is 0 Å². The van der Waals surface area contributed by atoms with Crippen molar-refractivity contribution in [3.8, 4) is 5.75 Å². The van der Waals surface area contributed by atoms with Crippen molar-refractivity contribution in [1.29, 1.82) is 0 Å². The molecule has 0 spiro atoms. The molecule has 0 N–H and O–H groups in total. The highest BCUT2D eigenvalue weighted by Crippen LogP contribution is 2.25. The normalized spacial score (nSPS) is 18.7. The van der Waals surface area contributed by atoms with Crippen LogP contribution in [-0.4, -0.2) is 60.5 Å². The summed E-state index contributed by atoms with van der Waals surface area (Å²) in [5.74, 6) is 0.862. The molecule has 0 amide bonds. The smallest absolute Gasteiger partial charge is 0.427 e. The number of hydrogen-bond donors (Lipinski definition) is 0. The lowest BCUT2D eigenvalue weighted by molar-refractivity contribution is 0.148. The number of nitrogens with zero attached hydrogens (tertiary/aromatic N) is 2. The van der Waals surface area contributed by atoms with Crippen molar-refractivity contribution in [2.75, 3.05) is 41.0 Å². The van der Waals surface area contributed by atoms with E-state index in [2.05, 4.69) is 9.56 Å². The highest BCUT2D eigenvalue weighted by Gasteiger charge is 2.44. The fourth-order valence-electron chi connectivity index (χ4n) is 2.85. The standard InChI is InChI=1S/C16H26N2O3Si/c1-19-16-8-6-15(7-9-16)14-17-10-12-18-11-4-5-13-22(18,20-2)21-3/h6-9,14H,4-5,10-13H2,1-3H3. The van der Waals surface area contributed by atoms with Crippen molar-refractivity contribution in [2.24, 2.45) is 4.99 Å². The van der Waals surface area contributed by atoms with Gasteiger partial charge >= 0.3 is 8.72 Å². The van der Waals surface area contributed by atoms with Gasteiger partial charge in [0.2, 0.25) is 0 Å². The lowest BCUT2D eigenvalue weighted by Gasteiger charge is -2.41. The van der Waals surface area contributed by atoms with Crippen LogP contribution in [0.15, 0.2) is 29.3 Å². The van der Waals surface area contributed by atoms with Crippen LogP contribution in [0.5, 0.6) is 5.75 Å². The number of aliphatic imine (C=N–C) groups is 1. The highest BCUT2D eigenvalue weighted by atomic mass is 28.4. The van der Waals surface area contributed by atoms with E-state index in [9.17, 15) is 0 Å². The van der Waals surface area contributed by atoms with Crippen molar-refractivity contribution in [2.45, 2.75) is 18.9 Å².